The Balaban J connectivity index is 1.44. The van der Waals surface area contributed by atoms with Gasteiger partial charge in [-0.15, -0.1) is 0 Å². The zero-order valence-corrected chi connectivity index (χ0v) is 16.1. The number of rotatable bonds is 3. The largest absolute Gasteiger partial charge is 0.378 e. The predicted octanol–water partition coefficient (Wildman–Crippen LogP) is 3.26. The van der Waals surface area contributed by atoms with Crippen molar-refractivity contribution in [3.8, 4) is 0 Å². The summed E-state index contributed by atoms with van der Waals surface area (Å²) in [7, 11) is 0. The average Bonchev–Trinajstić information content (AvgIpc) is 3.10. The molecule has 1 saturated heterocycles. The van der Waals surface area contributed by atoms with E-state index in [4.69, 9.17) is 17.0 Å². The van der Waals surface area contributed by atoms with Crippen LogP contribution in [0.5, 0.6) is 0 Å². The van der Waals surface area contributed by atoms with Crippen molar-refractivity contribution in [2.75, 3.05) is 36.5 Å². The van der Waals surface area contributed by atoms with Crippen LogP contribution in [0.1, 0.15) is 10.4 Å². The van der Waals surface area contributed by atoms with E-state index in [-0.39, 0.29) is 11.0 Å². The van der Waals surface area contributed by atoms with Crippen molar-refractivity contribution in [1.29, 1.82) is 0 Å². The lowest BCUT2D eigenvalue weighted by atomic mass is 10.2. The van der Waals surface area contributed by atoms with Crippen LogP contribution in [0.2, 0.25) is 0 Å². The topological polar surface area (TPSA) is 66.5 Å². The van der Waals surface area contributed by atoms with Crippen molar-refractivity contribution >= 4 is 55.6 Å². The molecule has 0 unspecified atom stereocenters. The van der Waals surface area contributed by atoms with Crippen LogP contribution in [0, 0.1) is 0 Å². The first-order valence-electron chi connectivity index (χ1n) is 8.60. The number of anilines is 2. The number of thiazole rings is 1. The molecular weight excluding hydrogens is 380 g/mol. The Labute approximate surface area is 166 Å². The number of ether oxygens (including phenoxy) is 1. The molecule has 0 aliphatic carbocycles. The van der Waals surface area contributed by atoms with Crippen LogP contribution in [0.3, 0.4) is 0 Å². The van der Waals surface area contributed by atoms with Crippen LogP contribution < -0.4 is 15.5 Å². The summed E-state index contributed by atoms with van der Waals surface area (Å²) in [6.07, 6.45) is 0. The van der Waals surface area contributed by atoms with Crippen molar-refractivity contribution < 1.29 is 9.53 Å². The number of amides is 1. The third-order valence-electron chi connectivity index (χ3n) is 4.23. The van der Waals surface area contributed by atoms with Gasteiger partial charge in [-0.05, 0) is 42.5 Å². The Morgan fingerprint density at radius 3 is 2.70 bits per heavy atom. The van der Waals surface area contributed by atoms with Gasteiger partial charge in [0, 0.05) is 24.3 Å². The van der Waals surface area contributed by atoms with Gasteiger partial charge >= 0.3 is 0 Å². The number of thiocarbonyl (C=S) groups is 1. The van der Waals surface area contributed by atoms with Crippen molar-refractivity contribution in [3.63, 3.8) is 0 Å². The highest BCUT2D eigenvalue weighted by molar-refractivity contribution is 7.80. The highest BCUT2D eigenvalue weighted by Gasteiger charge is 2.14. The zero-order chi connectivity index (χ0) is 18.6. The first kappa shape index (κ1) is 17.8. The molecule has 0 atom stereocenters. The second-order valence-corrected chi connectivity index (χ2v) is 7.48. The Morgan fingerprint density at radius 2 is 1.93 bits per heavy atom. The fraction of sp³-hybridized carbons (Fsp3) is 0.211. The molecule has 6 nitrogen and oxygen atoms in total. The molecule has 1 aliphatic heterocycles. The van der Waals surface area contributed by atoms with E-state index in [1.807, 2.05) is 24.3 Å². The van der Waals surface area contributed by atoms with Gasteiger partial charge in [-0.1, -0.05) is 29.5 Å². The number of carbonyl (C=O) groups is 1. The highest BCUT2D eigenvalue weighted by Crippen LogP contribution is 2.30. The van der Waals surface area contributed by atoms with Gasteiger partial charge in [0.05, 0.1) is 23.4 Å². The standard InChI is InChI=1S/C19H18N4O2S2/c24-17(13-4-2-1-3-5-13)21-18(26)22-19-20-15-7-6-14(12-16(15)27-19)23-8-10-25-11-9-23/h1-7,12H,8-11H2,(H2,20,21,22,24,26). The molecule has 2 heterocycles. The fourth-order valence-corrected chi connectivity index (χ4v) is 4.04. The molecule has 2 N–H and O–H groups in total. The lowest BCUT2D eigenvalue weighted by Crippen LogP contribution is -2.36. The predicted molar refractivity (Wildman–Crippen MR) is 113 cm³/mol. The van der Waals surface area contributed by atoms with Crippen molar-refractivity contribution in [1.82, 2.24) is 10.3 Å². The quantitative estimate of drug-likeness (QED) is 0.660. The van der Waals surface area contributed by atoms with E-state index in [1.54, 1.807) is 12.1 Å². The number of nitrogens with zero attached hydrogens (tertiary/aromatic N) is 2. The number of hydrogen-bond donors (Lipinski definition) is 2. The molecule has 138 valence electrons. The lowest BCUT2D eigenvalue weighted by Gasteiger charge is -2.28. The van der Waals surface area contributed by atoms with Gasteiger partial charge in [0.15, 0.2) is 10.2 Å². The molecule has 2 aromatic carbocycles. The van der Waals surface area contributed by atoms with Crippen LogP contribution in [0.25, 0.3) is 10.2 Å². The molecular formula is C19H18N4O2S2. The van der Waals surface area contributed by atoms with E-state index in [9.17, 15) is 4.79 Å². The Morgan fingerprint density at radius 1 is 1.15 bits per heavy atom. The fourth-order valence-electron chi connectivity index (χ4n) is 2.88. The molecule has 3 aromatic rings. The van der Waals surface area contributed by atoms with Gasteiger partial charge in [0.2, 0.25) is 0 Å². The molecule has 8 heteroatoms. The highest BCUT2D eigenvalue weighted by atomic mass is 32.1. The smallest absolute Gasteiger partial charge is 0.257 e. The summed E-state index contributed by atoms with van der Waals surface area (Å²) in [6.45, 7) is 3.29. The molecule has 0 saturated carbocycles. The number of nitrogens with one attached hydrogen (secondary N) is 2. The minimum absolute atomic E-state index is 0.233. The second-order valence-electron chi connectivity index (χ2n) is 6.04. The Hall–Kier alpha value is -2.55. The van der Waals surface area contributed by atoms with Crippen LogP contribution in [-0.2, 0) is 4.74 Å². The number of fused-ring (bicyclic) bond motifs is 1. The molecule has 0 bridgehead atoms. The van der Waals surface area contributed by atoms with Crippen LogP contribution in [-0.4, -0.2) is 42.3 Å². The summed E-state index contributed by atoms with van der Waals surface area (Å²) in [6, 6.07) is 15.2. The van der Waals surface area contributed by atoms with Crippen molar-refractivity contribution in [2.45, 2.75) is 0 Å². The maximum atomic E-state index is 12.2. The normalized spacial score (nSPS) is 14.1. The van der Waals surface area contributed by atoms with Crippen LogP contribution >= 0.6 is 23.6 Å². The number of carbonyl (C=O) groups excluding carboxylic acids is 1. The van der Waals surface area contributed by atoms with Gasteiger partial charge in [-0.25, -0.2) is 4.98 Å². The lowest BCUT2D eigenvalue weighted by molar-refractivity contribution is 0.0977. The first-order valence-corrected chi connectivity index (χ1v) is 9.82. The SMILES string of the molecule is O=C(NC(=S)Nc1nc2ccc(N3CCOCC3)cc2s1)c1ccccc1. The molecule has 1 amide bonds. The molecule has 4 rings (SSSR count). The summed E-state index contributed by atoms with van der Waals surface area (Å²) in [4.78, 5) is 19.0. The third-order valence-corrected chi connectivity index (χ3v) is 5.37. The summed E-state index contributed by atoms with van der Waals surface area (Å²) < 4.78 is 6.48. The monoisotopic (exact) mass is 398 g/mol. The van der Waals surface area contributed by atoms with Gasteiger partial charge in [-0.2, -0.15) is 0 Å². The average molecular weight is 399 g/mol. The summed E-state index contributed by atoms with van der Waals surface area (Å²) in [5.74, 6) is -0.246. The minimum atomic E-state index is -0.246. The number of aromatic nitrogens is 1. The van der Waals surface area contributed by atoms with E-state index < -0.39 is 0 Å². The van der Waals surface area contributed by atoms with Gasteiger partial charge in [-0.3, -0.25) is 10.1 Å². The summed E-state index contributed by atoms with van der Waals surface area (Å²) in [5, 5.41) is 6.57. The molecule has 0 spiro atoms. The summed E-state index contributed by atoms with van der Waals surface area (Å²) in [5.41, 5.74) is 2.62. The number of benzene rings is 2. The van der Waals surface area contributed by atoms with Crippen molar-refractivity contribution in [3.05, 3.63) is 54.1 Å². The molecule has 0 radical (unpaired) electrons. The number of hydrogen-bond acceptors (Lipinski definition) is 6. The van der Waals surface area contributed by atoms with Gasteiger partial charge < -0.3 is 15.0 Å². The molecule has 1 aromatic heterocycles. The Bertz CT molecular complexity index is 968. The van der Waals surface area contributed by atoms with Crippen LogP contribution in [0.4, 0.5) is 10.8 Å². The number of morpholine rings is 1. The molecule has 1 aliphatic rings. The van der Waals surface area contributed by atoms with Gasteiger partial charge in [0.1, 0.15) is 0 Å². The zero-order valence-electron chi connectivity index (χ0n) is 14.5. The third kappa shape index (κ3) is 4.24. The van der Waals surface area contributed by atoms with E-state index in [0.717, 1.165) is 36.5 Å². The van der Waals surface area contributed by atoms with E-state index in [2.05, 4.69) is 32.7 Å². The Kier molecular flexibility index (Phi) is 5.28. The van der Waals surface area contributed by atoms with E-state index in [0.29, 0.717) is 10.7 Å². The van der Waals surface area contributed by atoms with E-state index >= 15 is 0 Å². The summed E-state index contributed by atoms with van der Waals surface area (Å²) >= 11 is 6.75. The molecule has 1 fully saturated rings. The van der Waals surface area contributed by atoms with Crippen LogP contribution in [0.15, 0.2) is 48.5 Å². The second kappa shape index (κ2) is 7.99. The molecule has 27 heavy (non-hydrogen) atoms. The van der Waals surface area contributed by atoms with Crippen molar-refractivity contribution in [2.24, 2.45) is 0 Å². The maximum absolute atomic E-state index is 12.2. The minimum Gasteiger partial charge on any atom is -0.378 e. The van der Waals surface area contributed by atoms with Gasteiger partial charge in [0.25, 0.3) is 5.91 Å². The maximum Gasteiger partial charge on any atom is 0.257 e. The van der Waals surface area contributed by atoms with E-state index in [1.165, 1.54) is 17.0 Å². The first-order chi connectivity index (χ1) is 13.2.